The molecule has 0 heterocycles. The Hall–Kier alpha value is -1.09. The van der Waals surface area contributed by atoms with Crippen molar-refractivity contribution in [2.75, 3.05) is 0 Å². The van der Waals surface area contributed by atoms with Crippen molar-refractivity contribution in [3.63, 3.8) is 0 Å². The first-order valence-corrected chi connectivity index (χ1v) is 14.7. The van der Waals surface area contributed by atoms with E-state index in [0.717, 1.165) is 23.1 Å². The minimum atomic E-state index is -4.50. The summed E-state index contributed by atoms with van der Waals surface area (Å²) in [5.74, 6) is 0. The molecule has 2 radical (unpaired) electrons. The number of aryl methyl sites for hydroxylation is 2. The molecule has 4 aromatic rings. The third kappa shape index (κ3) is 8.94. The van der Waals surface area contributed by atoms with Gasteiger partial charge in [0, 0.05) is 65.4 Å². The second-order valence-corrected chi connectivity index (χ2v) is 11.9. The van der Waals surface area contributed by atoms with Gasteiger partial charge in [0.25, 0.3) is 20.2 Å². The van der Waals surface area contributed by atoms with Gasteiger partial charge in [-0.2, -0.15) is 16.8 Å². The summed E-state index contributed by atoms with van der Waals surface area (Å²) in [4.78, 5) is -0.382. The Kier molecular flexibility index (Phi) is 12.4. The van der Waals surface area contributed by atoms with Gasteiger partial charge in [0.15, 0.2) is 0 Å². The van der Waals surface area contributed by atoms with Crippen LogP contribution in [0.15, 0.2) is 94.7 Å². The first-order chi connectivity index (χ1) is 17.4. The summed E-state index contributed by atoms with van der Waals surface area (Å²) < 4.78 is 67.1. The van der Waals surface area contributed by atoms with Crippen molar-refractivity contribution in [2.45, 2.75) is 42.9 Å². The first kappa shape index (κ1) is 34.1. The summed E-state index contributed by atoms with van der Waals surface area (Å²) in [7, 11) is -8.88. The second kappa shape index (κ2) is 14.2. The molecule has 198 valence electrons. The molecule has 0 aliphatic carbocycles. The zero-order valence-electron chi connectivity index (χ0n) is 21.7. The molecule has 4 aromatic carbocycles. The van der Waals surface area contributed by atoms with Crippen molar-refractivity contribution in [1.82, 2.24) is 0 Å². The van der Waals surface area contributed by atoms with Gasteiger partial charge in [0.1, 0.15) is 0 Å². The van der Waals surface area contributed by atoms with E-state index < -0.39 is 20.2 Å². The predicted molar refractivity (Wildman–Crippen MR) is 144 cm³/mol. The fourth-order valence-electron chi connectivity index (χ4n) is 4.33. The van der Waals surface area contributed by atoms with Gasteiger partial charge in [0.05, 0.1) is 9.79 Å². The van der Waals surface area contributed by atoms with Gasteiger partial charge in [-0.05, 0) is 82.8 Å². The summed E-state index contributed by atoms with van der Waals surface area (Å²) in [6.45, 7) is 3.69. The van der Waals surface area contributed by atoms with Crippen LogP contribution in [0.25, 0.3) is 11.1 Å². The minimum Gasteiger partial charge on any atom is -0.282 e. The van der Waals surface area contributed by atoms with Gasteiger partial charge < -0.3 is 0 Å². The van der Waals surface area contributed by atoms with Crippen molar-refractivity contribution in [3.05, 3.63) is 118 Å². The Labute approximate surface area is 280 Å². The zero-order chi connectivity index (χ0) is 26.8. The summed E-state index contributed by atoms with van der Waals surface area (Å²) >= 11 is 0. The smallest absolute Gasteiger partial charge is 0.282 e. The summed E-state index contributed by atoms with van der Waals surface area (Å²) in [5, 5.41) is 0. The van der Waals surface area contributed by atoms with Crippen molar-refractivity contribution in [3.8, 4) is 11.1 Å². The number of rotatable bonds is 8. The topological polar surface area (TPSA) is 109 Å². The van der Waals surface area contributed by atoms with Crippen molar-refractivity contribution < 1.29 is 91.4 Å². The summed E-state index contributed by atoms with van der Waals surface area (Å²) in [6, 6.07) is 25.7. The van der Waals surface area contributed by atoms with E-state index >= 15 is 0 Å². The van der Waals surface area contributed by atoms with Gasteiger partial charge in [0.2, 0.25) is 0 Å². The quantitative estimate of drug-likeness (QED) is 0.221. The zero-order valence-corrected chi connectivity index (χ0v) is 29.0. The van der Waals surface area contributed by atoms with Gasteiger partial charge >= 0.3 is 0 Å². The maximum absolute atomic E-state index is 12.2. The van der Waals surface area contributed by atoms with Crippen LogP contribution in [0.1, 0.15) is 40.3 Å². The average molecular weight is 714 g/mol. The molecule has 39 heavy (non-hydrogen) atoms. The molecule has 0 atom stereocenters. The largest absolute Gasteiger partial charge is 0.294 e. The minimum absolute atomic E-state index is 0. The van der Waals surface area contributed by atoms with Gasteiger partial charge in [-0.3, -0.25) is 9.11 Å². The van der Waals surface area contributed by atoms with Crippen LogP contribution in [0.4, 0.5) is 0 Å². The second-order valence-electron chi connectivity index (χ2n) is 9.09. The molecule has 6 nitrogen and oxygen atoms in total. The standard InChI is InChI=1S/C29H28O6S2.2Y/c1-3-21-6-11-25(12-7-21)26-13-8-22(9-14-26)17-27-15-10-24(19-29(27)37(33,34)35)16-23-5-4-20(2)28(18-23)36(30,31)32;;/h4-15,18-19H,3,16-17H2,1-2H3,(H,30,31,32)(H,33,34,35);;. The van der Waals surface area contributed by atoms with Gasteiger partial charge in [-0.25, -0.2) is 0 Å². The maximum Gasteiger partial charge on any atom is 0.294 e. The molecule has 0 unspecified atom stereocenters. The van der Waals surface area contributed by atoms with Crippen LogP contribution in [-0.4, -0.2) is 25.9 Å². The number of hydrogen-bond donors (Lipinski definition) is 2. The van der Waals surface area contributed by atoms with Gasteiger partial charge in [-0.15, -0.1) is 0 Å². The van der Waals surface area contributed by atoms with Crippen LogP contribution in [-0.2, 0) is 105 Å². The molecule has 2 N–H and O–H groups in total. The Bertz CT molecular complexity index is 1650. The average Bonchev–Trinajstić information content (AvgIpc) is 2.85. The Morgan fingerprint density at radius 3 is 1.49 bits per heavy atom. The molecule has 0 aliphatic heterocycles. The first-order valence-electron chi connectivity index (χ1n) is 11.8. The van der Waals surface area contributed by atoms with Gasteiger partial charge in [-0.1, -0.05) is 79.7 Å². The predicted octanol–water partition coefficient (Wildman–Crippen LogP) is 5.89. The van der Waals surface area contributed by atoms with E-state index in [4.69, 9.17) is 0 Å². The van der Waals surface area contributed by atoms with Crippen LogP contribution < -0.4 is 0 Å². The monoisotopic (exact) mass is 714 g/mol. The fourth-order valence-corrected chi connectivity index (χ4v) is 5.88. The van der Waals surface area contributed by atoms with Crippen LogP contribution >= 0.6 is 0 Å². The third-order valence-electron chi connectivity index (χ3n) is 6.39. The molecule has 10 heteroatoms. The molecule has 0 spiro atoms. The van der Waals surface area contributed by atoms with Crippen LogP contribution in [0, 0.1) is 6.92 Å². The third-order valence-corrected chi connectivity index (χ3v) is 8.32. The number of hydrogen-bond acceptors (Lipinski definition) is 4. The van der Waals surface area contributed by atoms with Crippen LogP contribution in [0.5, 0.6) is 0 Å². The molecular weight excluding hydrogens is 686 g/mol. The van der Waals surface area contributed by atoms with E-state index in [9.17, 15) is 25.9 Å². The van der Waals surface area contributed by atoms with Crippen LogP contribution in [0.3, 0.4) is 0 Å². The molecule has 0 fully saturated rings. The van der Waals surface area contributed by atoms with Crippen molar-refractivity contribution in [1.29, 1.82) is 0 Å². The van der Waals surface area contributed by atoms with E-state index in [1.807, 2.05) is 24.3 Å². The molecular formula is C29H28O6S2Y2. The molecule has 0 bridgehead atoms. The Morgan fingerprint density at radius 2 is 1.00 bits per heavy atom. The maximum atomic E-state index is 12.2. The molecule has 4 rings (SSSR count). The number of benzene rings is 4. The van der Waals surface area contributed by atoms with E-state index in [1.54, 1.807) is 31.2 Å². The SMILES string of the molecule is CCc1ccc(-c2ccc(Cc3ccc(Cc4ccc(C)c(S(=O)(=O)O)c4)cc3S(=O)(=O)O)cc2)cc1.[Y].[Y]. The molecule has 0 aliphatic rings. The van der Waals surface area contributed by atoms with E-state index in [0.29, 0.717) is 28.7 Å². The Morgan fingerprint density at radius 1 is 0.564 bits per heavy atom. The summed E-state index contributed by atoms with van der Waals surface area (Å²) in [5.41, 5.74) is 6.32. The molecule has 0 aromatic heterocycles. The molecule has 0 saturated heterocycles. The molecule has 0 amide bonds. The fraction of sp³-hybridized carbons (Fsp3) is 0.172. The van der Waals surface area contributed by atoms with Crippen molar-refractivity contribution >= 4 is 20.2 Å². The van der Waals surface area contributed by atoms with E-state index in [1.165, 1.54) is 17.7 Å². The van der Waals surface area contributed by atoms with E-state index in [2.05, 4.69) is 31.2 Å². The van der Waals surface area contributed by atoms with Crippen molar-refractivity contribution in [2.24, 2.45) is 0 Å². The normalized spacial score (nSPS) is 11.4. The molecule has 0 saturated carbocycles. The Balaban J connectivity index is 0.00000267. The summed E-state index contributed by atoms with van der Waals surface area (Å²) in [6.07, 6.45) is 1.50. The van der Waals surface area contributed by atoms with Crippen LogP contribution in [0.2, 0.25) is 0 Å². The van der Waals surface area contributed by atoms with E-state index in [-0.39, 0.29) is 81.6 Å².